The van der Waals surface area contributed by atoms with Crippen molar-refractivity contribution in [3.05, 3.63) is 63.2 Å². The highest BCUT2D eigenvalue weighted by Gasteiger charge is 2.11. The number of hydrogen-bond acceptors (Lipinski definition) is 4. The van der Waals surface area contributed by atoms with Crippen LogP contribution < -0.4 is 10.1 Å². The van der Waals surface area contributed by atoms with Crippen molar-refractivity contribution in [1.29, 1.82) is 0 Å². The Morgan fingerprint density at radius 2 is 2.08 bits per heavy atom. The molecule has 1 N–H and O–H groups in total. The first-order chi connectivity index (χ1) is 12.4. The van der Waals surface area contributed by atoms with Crippen molar-refractivity contribution in [2.24, 2.45) is 0 Å². The normalized spacial score (nSPS) is 10.6. The van der Waals surface area contributed by atoms with E-state index in [2.05, 4.69) is 44.4 Å². The molecule has 0 aliphatic heterocycles. The first kappa shape index (κ1) is 18.5. The maximum absolute atomic E-state index is 13.1. The van der Waals surface area contributed by atoms with Gasteiger partial charge in [-0.05, 0) is 59.6 Å². The third kappa shape index (κ3) is 4.47. The summed E-state index contributed by atoms with van der Waals surface area (Å²) in [5.41, 5.74) is 4.16. The minimum Gasteiger partial charge on any atom is -0.483 e. The van der Waals surface area contributed by atoms with Crippen molar-refractivity contribution in [3.8, 4) is 17.0 Å². The molecular formula is C19H16BrFN2O2S. The first-order valence-corrected chi connectivity index (χ1v) is 9.50. The average Bonchev–Trinajstić information content (AvgIpc) is 3.04. The van der Waals surface area contributed by atoms with E-state index in [0.717, 1.165) is 22.4 Å². The maximum atomic E-state index is 13.1. The molecule has 4 nitrogen and oxygen atoms in total. The fraction of sp³-hybridized carbons (Fsp3) is 0.158. The molecule has 7 heteroatoms. The van der Waals surface area contributed by atoms with Gasteiger partial charge in [0.2, 0.25) is 0 Å². The minimum absolute atomic E-state index is 0.192. The molecule has 1 amide bonds. The van der Waals surface area contributed by atoms with Crippen molar-refractivity contribution in [1.82, 2.24) is 4.98 Å². The van der Waals surface area contributed by atoms with Gasteiger partial charge >= 0.3 is 0 Å². The number of nitrogens with zero attached hydrogens (tertiary/aromatic N) is 1. The third-order valence-electron chi connectivity index (χ3n) is 3.67. The SMILES string of the molecule is Cc1ccc(C)c(-c2csc(NC(=O)COc3ccc(F)cc3Br)n2)c1. The van der Waals surface area contributed by atoms with Gasteiger partial charge in [-0.15, -0.1) is 11.3 Å². The Morgan fingerprint density at radius 3 is 2.85 bits per heavy atom. The predicted molar refractivity (Wildman–Crippen MR) is 105 cm³/mol. The third-order valence-corrected chi connectivity index (χ3v) is 5.05. The minimum atomic E-state index is -0.379. The molecule has 0 atom stereocenters. The number of ether oxygens (including phenoxy) is 1. The van der Waals surface area contributed by atoms with Gasteiger partial charge < -0.3 is 4.74 Å². The second-order valence-corrected chi connectivity index (χ2v) is 7.48. The molecule has 1 aromatic heterocycles. The molecule has 1 heterocycles. The molecule has 0 fully saturated rings. The van der Waals surface area contributed by atoms with E-state index in [9.17, 15) is 9.18 Å². The lowest BCUT2D eigenvalue weighted by Gasteiger charge is -2.07. The topological polar surface area (TPSA) is 51.2 Å². The van der Waals surface area contributed by atoms with Gasteiger partial charge in [-0.3, -0.25) is 10.1 Å². The molecule has 134 valence electrons. The van der Waals surface area contributed by atoms with Crippen LogP contribution in [-0.4, -0.2) is 17.5 Å². The number of benzene rings is 2. The Morgan fingerprint density at radius 1 is 1.27 bits per heavy atom. The van der Waals surface area contributed by atoms with Crippen LogP contribution in [0.15, 0.2) is 46.3 Å². The molecule has 0 bridgehead atoms. The van der Waals surface area contributed by atoms with Crippen LogP contribution >= 0.6 is 27.3 Å². The van der Waals surface area contributed by atoms with Gasteiger partial charge in [0.1, 0.15) is 11.6 Å². The van der Waals surface area contributed by atoms with Crippen LogP contribution in [0.25, 0.3) is 11.3 Å². The van der Waals surface area contributed by atoms with Crippen LogP contribution in [0.1, 0.15) is 11.1 Å². The number of aryl methyl sites for hydroxylation is 2. The zero-order valence-electron chi connectivity index (χ0n) is 14.2. The van der Waals surface area contributed by atoms with E-state index in [1.165, 1.54) is 29.5 Å². The number of rotatable bonds is 5. The van der Waals surface area contributed by atoms with Gasteiger partial charge in [0.25, 0.3) is 5.91 Å². The van der Waals surface area contributed by atoms with Gasteiger partial charge in [-0.1, -0.05) is 17.7 Å². The Labute approximate surface area is 163 Å². The summed E-state index contributed by atoms with van der Waals surface area (Å²) >= 11 is 4.56. The van der Waals surface area contributed by atoms with Gasteiger partial charge in [0.15, 0.2) is 11.7 Å². The van der Waals surface area contributed by atoms with Gasteiger partial charge in [-0.25, -0.2) is 9.37 Å². The number of carbonyl (C=O) groups excluding carboxylic acids is 1. The summed E-state index contributed by atoms with van der Waals surface area (Å²) in [5.74, 6) is -0.310. The summed E-state index contributed by atoms with van der Waals surface area (Å²) in [6, 6.07) is 10.2. The molecule has 0 saturated heterocycles. The summed E-state index contributed by atoms with van der Waals surface area (Å²) in [6.45, 7) is 3.87. The average molecular weight is 435 g/mol. The van der Waals surface area contributed by atoms with Crippen LogP contribution in [0.2, 0.25) is 0 Å². The van der Waals surface area contributed by atoms with Crippen LogP contribution in [0.5, 0.6) is 5.75 Å². The Bertz CT molecular complexity index is 958. The number of carbonyl (C=O) groups is 1. The van der Waals surface area contributed by atoms with Crippen LogP contribution in [-0.2, 0) is 4.79 Å². The van der Waals surface area contributed by atoms with Crippen molar-refractivity contribution in [3.63, 3.8) is 0 Å². The molecule has 0 aliphatic rings. The molecular weight excluding hydrogens is 419 g/mol. The van der Waals surface area contributed by atoms with E-state index in [1.807, 2.05) is 19.2 Å². The van der Waals surface area contributed by atoms with Gasteiger partial charge in [-0.2, -0.15) is 0 Å². The van der Waals surface area contributed by atoms with E-state index < -0.39 is 0 Å². The fourth-order valence-corrected chi connectivity index (χ4v) is 3.55. The van der Waals surface area contributed by atoms with Crippen LogP contribution in [0, 0.1) is 19.7 Å². The maximum Gasteiger partial charge on any atom is 0.264 e. The molecule has 0 unspecified atom stereocenters. The highest BCUT2D eigenvalue weighted by Crippen LogP contribution is 2.28. The number of anilines is 1. The van der Waals surface area contributed by atoms with Crippen LogP contribution in [0.3, 0.4) is 0 Å². The van der Waals surface area contributed by atoms with E-state index in [0.29, 0.717) is 15.4 Å². The second-order valence-electron chi connectivity index (χ2n) is 5.77. The Kier molecular flexibility index (Phi) is 5.68. The number of hydrogen-bond donors (Lipinski definition) is 1. The molecule has 26 heavy (non-hydrogen) atoms. The molecule has 0 saturated carbocycles. The first-order valence-electron chi connectivity index (χ1n) is 7.83. The van der Waals surface area contributed by atoms with Crippen molar-refractivity contribution in [2.75, 3.05) is 11.9 Å². The van der Waals surface area contributed by atoms with Crippen molar-refractivity contribution in [2.45, 2.75) is 13.8 Å². The summed E-state index contributed by atoms with van der Waals surface area (Å²) < 4.78 is 18.9. The van der Waals surface area contributed by atoms with E-state index in [-0.39, 0.29) is 18.3 Å². The lowest BCUT2D eigenvalue weighted by Crippen LogP contribution is -2.20. The molecule has 3 aromatic rings. The lowest BCUT2D eigenvalue weighted by molar-refractivity contribution is -0.118. The number of thiazole rings is 1. The largest absolute Gasteiger partial charge is 0.483 e. The van der Waals surface area contributed by atoms with Crippen molar-refractivity contribution >= 4 is 38.3 Å². The number of amides is 1. The molecule has 0 spiro atoms. The monoisotopic (exact) mass is 434 g/mol. The Balaban J connectivity index is 1.63. The van der Waals surface area contributed by atoms with Gasteiger partial charge in [0.05, 0.1) is 10.2 Å². The smallest absolute Gasteiger partial charge is 0.264 e. The molecule has 2 aromatic carbocycles. The lowest BCUT2D eigenvalue weighted by atomic mass is 10.0. The van der Waals surface area contributed by atoms with Crippen LogP contribution in [0.4, 0.5) is 9.52 Å². The zero-order valence-corrected chi connectivity index (χ0v) is 16.6. The number of halogens is 2. The summed E-state index contributed by atoms with van der Waals surface area (Å²) in [7, 11) is 0. The highest BCUT2D eigenvalue weighted by molar-refractivity contribution is 9.10. The molecule has 3 rings (SSSR count). The van der Waals surface area contributed by atoms with Gasteiger partial charge in [0, 0.05) is 10.9 Å². The number of nitrogens with one attached hydrogen (secondary N) is 1. The van der Waals surface area contributed by atoms with E-state index in [1.54, 1.807) is 0 Å². The Hall–Kier alpha value is -2.25. The summed E-state index contributed by atoms with van der Waals surface area (Å²) in [4.78, 5) is 16.6. The summed E-state index contributed by atoms with van der Waals surface area (Å²) in [5, 5.41) is 5.14. The molecule has 0 aliphatic carbocycles. The predicted octanol–water partition coefficient (Wildman–Crippen LogP) is 5.35. The van der Waals surface area contributed by atoms with Crippen molar-refractivity contribution < 1.29 is 13.9 Å². The molecule has 0 radical (unpaired) electrons. The highest BCUT2D eigenvalue weighted by atomic mass is 79.9. The standard InChI is InChI=1S/C19H16BrFN2O2S/c1-11-3-4-12(2)14(7-11)16-10-26-19(22-16)23-18(24)9-25-17-6-5-13(21)8-15(17)20/h3-8,10H,9H2,1-2H3,(H,22,23,24). The quantitative estimate of drug-likeness (QED) is 0.588. The zero-order chi connectivity index (χ0) is 18.7. The van der Waals surface area contributed by atoms with E-state index in [4.69, 9.17) is 4.74 Å². The van der Waals surface area contributed by atoms with E-state index >= 15 is 0 Å². The number of aromatic nitrogens is 1. The second kappa shape index (κ2) is 7.97. The summed E-state index contributed by atoms with van der Waals surface area (Å²) in [6.07, 6.45) is 0. The fourth-order valence-electron chi connectivity index (χ4n) is 2.36.